The quantitative estimate of drug-likeness (QED) is 0.709. The van der Waals surface area contributed by atoms with Crippen molar-refractivity contribution < 1.29 is 5.11 Å². The van der Waals surface area contributed by atoms with Crippen LogP contribution in [0, 0.1) is 0 Å². The highest BCUT2D eigenvalue weighted by atomic mass is 32.1. The summed E-state index contributed by atoms with van der Waals surface area (Å²) in [5.74, 6) is 0.719. The Morgan fingerprint density at radius 2 is 1.92 bits per heavy atom. The molecule has 1 aromatic carbocycles. The van der Waals surface area contributed by atoms with Gasteiger partial charge in [0.15, 0.2) is 0 Å². The van der Waals surface area contributed by atoms with Crippen molar-refractivity contribution in [1.82, 2.24) is 0 Å². The summed E-state index contributed by atoms with van der Waals surface area (Å²) in [5, 5.41) is 9.64. The van der Waals surface area contributed by atoms with Gasteiger partial charge in [0.2, 0.25) is 0 Å². The van der Waals surface area contributed by atoms with Crippen LogP contribution in [0.15, 0.2) is 24.3 Å². The summed E-state index contributed by atoms with van der Waals surface area (Å²) in [6.45, 7) is 2.12. The van der Waals surface area contributed by atoms with Gasteiger partial charge in [0.25, 0.3) is 0 Å². The molecule has 0 aliphatic rings. The van der Waals surface area contributed by atoms with E-state index >= 15 is 0 Å². The molecule has 1 aromatic rings. The van der Waals surface area contributed by atoms with E-state index in [-0.39, 0.29) is 6.10 Å². The van der Waals surface area contributed by atoms with E-state index in [9.17, 15) is 5.11 Å². The number of benzene rings is 1. The van der Waals surface area contributed by atoms with E-state index in [4.69, 9.17) is 0 Å². The number of thiol groups is 1. The third kappa shape index (κ3) is 3.05. The van der Waals surface area contributed by atoms with Gasteiger partial charge in [0.05, 0.1) is 6.10 Å². The first-order valence-electron chi connectivity index (χ1n) is 4.65. The van der Waals surface area contributed by atoms with Gasteiger partial charge in [-0.2, -0.15) is 12.6 Å². The average Bonchev–Trinajstić information content (AvgIpc) is 2.18. The standard InChI is InChI=1S/C11H16OS/c1-2-9-3-5-10(6-4-9)11(12)7-8-13/h3-6,11-13H,2,7-8H2,1H3. The molecule has 0 saturated heterocycles. The summed E-state index contributed by atoms with van der Waals surface area (Å²) in [6, 6.07) is 8.12. The topological polar surface area (TPSA) is 20.2 Å². The van der Waals surface area contributed by atoms with Crippen molar-refractivity contribution in [3.63, 3.8) is 0 Å². The molecule has 2 heteroatoms. The molecule has 0 radical (unpaired) electrons. The molecule has 1 atom stereocenters. The zero-order valence-corrected chi connectivity index (χ0v) is 8.80. The molecule has 0 aliphatic carbocycles. The van der Waals surface area contributed by atoms with Crippen LogP contribution in [-0.2, 0) is 6.42 Å². The molecular weight excluding hydrogens is 180 g/mol. The smallest absolute Gasteiger partial charge is 0.0797 e. The zero-order chi connectivity index (χ0) is 9.68. The third-order valence-electron chi connectivity index (χ3n) is 2.18. The van der Waals surface area contributed by atoms with Crippen LogP contribution in [0.25, 0.3) is 0 Å². The van der Waals surface area contributed by atoms with E-state index < -0.39 is 0 Å². The lowest BCUT2D eigenvalue weighted by Crippen LogP contribution is -1.97. The van der Waals surface area contributed by atoms with Crippen molar-refractivity contribution in [2.45, 2.75) is 25.9 Å². The highest BCUT2D eigenvalue weighted by molar-refractivity contribution is 7.80. The number of hydrogen-bond donors (Lipinski definition) is 2. The lowest BCUT2D eigenvalue weighted by Gasteiger charge is -2.09. The third-order valence-corrected chi connectivity index (χ3v) is 2.43. The van der Waals surface area contributed by atoms with E-state index in [2.05, 4.69) is 31.7 Å². The number of hydrogen-bond acceptors (Lipinski definition) is 2. The highest BCUT2D eigenvalue weighted by Crippen LogP contribution is 2.17. The summed E-state index contributed by atoms with van der Waals surface area (Å²) >= 11 is 4.09. The number of aliphatic hydroxyl groups excluding tert-OH is 1. The molecular formula is C11H16OS. The van der Waals surface area contributed by atoms with Gasteiger partial charge in [-0.25, -0.2) is 0 Å². The monoisotopic (exact) mass is 196 g/mol. The summed E-state index contributed by atoms with van der Waals surface area (Å²) in [7, 11) is 0. The van der Waals surface area contributed by atoms with E-state index in [1.54, 1.807) is 0 Å². The second kappa shape index (κ2) is 5.30. The minimum Gasteiger partial charge on any atom is -0.388 e. The van der Waals surface area contributed by atoms with E-state index in [1.165, 1.54) is 5.56 Å². The molecule has 1 nitrogen and oxygen atoms in total. The maximum atomic E-state index is 9.64. The van der Waals surface area contributed by atoms with E-state index in [0.29, 0.717) is 6.42 Å². The van der Waals surface area contributed by atoms with Crippen LogP contribution in [0.5, 0.6) is 0 Å². The predicted octanol–water partition coefficient (Wildman–Crippen LogP) is 2.60. The maximum Gasteiger partial charge on any atom is 0.0797 e. The van der Waals surface area contributed by atoms with Crippen LogP contribution in [0.1, 0.15) is 30.6 Å². The van der Waals surface area contributed by atoms with Crippen molar-refractivity contribution >= 4 is 12.6 Å². The normalized spacial score (nSPS) is 12.8. The Labute approximate surface area is 85.2 Å². The van der Waals surface area contributed by atoms with Crippen LogP contribution in [-0.4, -0.2) is 10.9 Å². The zero-order valence-electron chi connectivity index (χ0n) is 7.90. The van der Waals surface area contributed by atoms with Gasteiger partial charge in [-0.1, -0.05) is 31.2 Å². The molecule has 72 valence electrons. The fourth-order valence-corrected chi connectivity index (χ4v) is 1.51. The van der Waals surface area contributed by atoms with Crippen LogP contribution < -0.4 is 0 Å². The Morgan fingerprint density at radius 1 is 1.31 bits per heavy atom. The average molecular weight is 196 g/mol. The van der Waals surface area contributed by atoms with Crippen molar-refractivity contribution in [2.24, 2.45) is 0 Å². The second-order valence-corrected chi connectivity index (χ2v) is 3.57. The molecule has 0 fully saturated rings. The molecule has 1 N–H and O–H groups in total. The summed E-state index contributed by atoms with van der Waals surface area (Å²) < 4.78 is 0. The van der Waals surface area contributed by atoms with E-state index in [1.807, 2.05) is 12.1 Å². The second-order valence-electron chi connectivity index (χ2n) is 3.12. The first-order chi connectivity index (χ1) is 6.27. The largest absolute Gasteiger partial charge is 0.388 e. The van der Waals surface area contributed by atoms with Crippen LogP contribution >= 0.6 is 12.6 Å². The van der Waals surface area contributed by atoms with Crippen molar-refractivity contribution in [3.05, 3.63) is 35.4 Å². The fourth-order valence-electron chi connectivity index (χ4n) is 1.26. The van der Waals surface area contributed by atoms with Crippen molar-refractivity contribution in [3.8, 4) is 0 Å². The van der Waals surface area contributed by atoms with Crippen LogP contribution in [0.3, 0.4) is 0 Å². The summed E-state index contributed by atoms with van der Waals surface area (Å²) in [4.78, 5) is 0. The number of aliphatic hydroxyl groups is 1. The fraction of sp³-hybridized carbons (Fsp3) is 0.455. The van der Waals surface area contributed by atoms with Crippen LogP contribution in [0.4, 0.5) is 0 Å². The summed E-state index contributed by atoms with van der Waals surface area (Å²) in [6.07, 6.45) is 1.40. The van der Waals surface area contributed by atoms with Gasteiger partial charge in [0.1, 0.15) is 0 Å². The van der Waals surface area contributed by atoms with Gasteiger partial charge >= 0.3 is 0 Å². The number of rotatable bonds is 4. The van der Waals surface area contributed by atoms with E-state index in [0.717, 1.165) is 17.7 Å². The molecule has 13 heavy (non-hydrogen) atoms. The van der Waals surface area contributed by atoms with Gasteiger partial charge < -0.3 is 5.11 Å². The lowest BCUT2D eigenvalue weighted by molar-refractivity contribution is 0.175. The Morgan fingerprint density at radius 3 is 2.38 bits per heavy atom. The Bertz CT molecular complexity index is 243. The predicted molar refractivity (Wildman–Crippen MR) is 59.2 cm³/mol. The first kappa shape index (κ1) is 10.6. The molecule has 0 saturated carbocycles. The Hall–Kier alpha value is -0.470. The van der Waals surface area contributed by atoms with Gasteiger partial charge in [0, 0.05) is 0 Å². The number of aryl methyl sites for hydroxylation is 1. The van der Waals surface area contributed by atoms with Gasteiger partial charge in [-0.05, 0) is 29.7 Å². The van der Waals surface area contributed by atoms with Gasteiger partial charge in [-0.15, -0.1) is 0 Å². The molecule has 0 heterocycles. The molecule has 0 bridgehead atoms. The molecule has 0 aliphatic heterocycles. The highest BCUT2D eigenvalue weighted by Gasteiger charge is 2.04. The SMILES string of the molecule is CCc1ccc(C(O)CCS)cc1. The minimum absolute atomic E-state index is 0.358. The van der Waals surface area contributed by atoms with Crippen LogP contribution in [0.2, 0.25) is 0 Å². The molecule has 0 aromatic heterocycles. The van der Waals surface area contributed by atoms with Gasteiger partial charge in [-0.3, -0.25) is 0 Å². The summed E-state index contributed by atoms with van der Waals surface area (Å²) in [5.41, 5.74) is 2.30. The molecule has 0 spiro atoms. The Balaban J connectivity index is 2.67. The molecule has 1 rings (SSSR count). The lowest BCUT2D eigenvalue weighted by atomic mass is 10.0. The van der Waals surface area contributed by atoms with Crippen molar-refractivity contribution in [1.29, 1.82) is 0 Å². The first-order valence-corrected chi connectivity index (χ1v) is 5.29. The van der Waals surface area contributed by atoms with Crippen molar-refractivity contribution in [2.75, 3.05) is 5.75 Å². The molecule has 0 amide bonds. The maximum absolute atomic E-state index is 9.64. The minimum atomic E-state index is -0.358. The Kier molecular flexibility index (Phi) is 4.33. The molecule has 1 unspecified atom stereocenters.